The van der Waals surface area contributed by atoms with Gasteiger partial charge in [-0.05, 0) is 37.2 Å². The van der Waals surface area contributed by atoms with Crippen molar-refractivity contribution in [2.24, 2.45) is 11.3 Å². The van der Waals surface area contributed by atoms with E-state index < -0.39 is 11.6 Å². The molecular weight excluding hydrogens is 244 g/mol. The maximum atomic E-state index is 10.6. The van der Waals surface area contributed by atoms with Crippen molar-refractivity contribution in [3.8, 4) is 0 Å². The van der Waals surface area contributed by atoms with Gasteiger partial charge in [0, 0.05) is 12.0 Å². The van der Waals surface area contributed by atoms with Crippen LogP contribution in [-0.4, -0.2) is 33.5 Å². The average molecular weight is 268 g/mol. The number of aliphatic hydroxyl groups is 2. The summed E-state index contributed by atoms with van der Waals surface area (Å²) in [6, 6.07) is 0. The second-order valence-electron chi connectivity index (χ2n) is 6.17. The van der Waals surface area contributed by atoms with Crippen LogP contribution in [0, 0.1) is 11.3 Å². The molecule has 0 spiro atoms. The van der Waals surface area contributed by atoms with E-state index in [-0.39, 0.29) is 17.9 Å². The van der Waals surface area contributed by atoms with Gasteiger partial charge in [0.15, 0.2) is 0 Å². The van der Waals surface area contributed by atoms with Crippen molar-refractivity contribution in [1.82, 2.24) is 0 Å². The number of aliphatic hydroxyl groups excluding tert-OH is 1. The highest BCUT2D eigenvalue weighted by Crippen LogP contribution is 2.46. The van der Waals surface area contributed by atoms with E-state index in [4.69, 9.17) is 5.11 Å². The smallest absolute Gasteiger partial charge is 0.328 e. The lowest BCUT2D eigenvalue weighted by Gasteiger charge is -2.47. The standard InChI is InChI=1S/C15H24O4/c1-11(9-13(17)18)5-6-12-14(2,3)7-4-8-15(12,19)10-16/h5-6,9,12,16,19H,4,7-8,10H2,1-3H3,(H,17,18)/b6-5+,11-9+/t12-,15-/m1/s1. The molecule has 0 aromatic rings. The first kappa shape index (κ1) is 15.9. The van der Waals surface area contributed by atoms with E-state index in [1.807, 2.05) is 6.08 Å². The Kier molecular flexibility index (Phi) is 4.93. The van der Waals surface area contributed by atoms with Gasteiger partial charge >= 0.3 is 5.97 Å². The first-order valence-corrected chi connectivity index (χ1v) is 6.64. The molecule has 3 N–H and O–H groups in total. The molecule has 0 aromatic carbocycles. The van der Waals surface area contributed by atoms with E-state index in [1.54, 1.807) is 13.0 Å². The van der Waals surface area contributed by atoms with Gasteiger partial charge in [0.05, 0.1) is 12.2 Å². The van der Waals surface area contributed by atoms with Gasteiger partial charge in [-0.25, -0.2) is 4.79 Å². The Balaban J connectivity index is 2.98. The summed E-state index contributed by atoms with van der Waals surface area (Å²) in [7, 11) is 0. The first-order chi connectivity index (χ1) is 8.71. The summed E-state index contributed by atoms with van der Waals surface area (Å²) in [6.07, 6.45) is 7.12. The lowest BCUT2D eigenvalue weighted by molar-refractivity contribution is -0.131. The van der Waals surface area contributed by atoms with Crippen LogP contribution in [0.1, 0.15) is 40.0 Å². The molecule has 19 heavy (non-hydrogen) atoms. The normalized spacial score (nSPS) is 31.6. The molecule has 0 amide bonds. The van der Waals surface area contributed by atoms with Gasteiger partial charge in [-0.3, -0.25) is 0 Å². The van der Waals surface area contributed by atoms with Crippen LogP contribution < -0.4 is 0 Å². The van der Waals surface area contributed by atoms with Crippen LogP contribution in [0.25, 0.3) is 0 Å². The number of rotatable bonds is 4. The van der Waals surface area contributed by atoms with Gasteiger partial charge < -0.3 is 15.3 Å². The van der Waals surface area contributed by atoms with Crippen molar-refractivity contribution >= 4 is 5.97 Å². The number of aliphatic carboxylic acids is 1. The van der Waals surface area contributed by atoms with E-state index in [0.717, 1.165) is 18.9 Å². The summed E-state index contributed by atoms with van der Waals surface area (Å²) >= 11 is 0. The largest absolute Gasteiger partial charge is 0.478 e. The molecular formula is C15H24O4. The lowest BCUT2D eigenvalue weighted by Crippen LogP contribution is -2.50. The topological polar surface area (TPSA) is 77.8 Å². The Morgan fingerprint density at radius 3 is 2.53 bits per heavy atom. The minimum absolute atomic E-state index is 0.115. The molecule has 4 nitrogen and oxygen atoms in total. The van der Waals surface area contributed by atoms with Gasteiger partial charge in [-0.15, -0.1) is 0 Å². The van der Waals surface area contributed by atoms with Crippen LogP contribution in [0.4, 0.5) is 0 Å². The van der Waals surface area contributed by atoms with Crippen molar-refractivity contribution in [3.05, 3.63) is 23.8 Å². The number of carbonyl (C=O) groups is 1. The highest BCUT2D eigenvalue weighted by molar-refractivity contribution is 5.81. The second-order valence-corrected chi connectivity index (χ2v) is 6.17. The van der Waals surface area contributed by atoms with E-state index in [1.165, 1.54) is 0 Å². The molecule has 0 aromatic heterocycles. The summed E-state index contributed by atoms with van der Waals surface area (Å²) in [6.45, 7) is 5.57. The lowest BCUT2D eigenvalue weighted by atomic mass is 9.61. The van der Waals surface area contributed by atoms with Crippen LogP contribution in [0.2, 0.25) is 0 Å². The van der Waals surface area contributed by atoms with Crippen molar-refractivity contribution in [3.63, 3.8) is 0 Å². The fourth-order valence-electron chi connectivity index (χ4n) is 3.00. The molecule has 1 aliphatic carbocycles. The van der Waals surface area contributed by atoms with Gasteiger partial charge in [0.2, 0.25) is 0 Å². The molecule has 2 atom stereocenters. The van der Waals surface area contributed by atoms with Crippen LogP contribution >= 0.6 is 0 Å². The quantitative estimate of drug-likeness (QED) is 0.539. The molecule has 0 bridgehead atoms. The Hall–Kier alpha value is -1.13. The van der Waals surface area contributed by atoms with Crippen LogP contribution in [0.5, 0.6) is 0 Å². The summed E-state index contributed by atoms with van der Waals surface area (Å²) in [4.78, 5) is 10.6. The zero-order valence-corrected chi connectivity index (χ0v) is 11.9. The predicted octanol–water partition coefficient (Wildman–Crippen LogP) is 2.12. The van der Waals surface area contributed by atoms with Gasteiger partial charge in [-0.1, -0.05) is 26.0 Å². The van der Waals surface area contributed by atoms with Gasteiger partial charge in [0.25, 0.3) is 0 Å². The summed E-state index contributed by atoms with van der Waals surface area (Å²) in [5, 5.41) is 28.7. The molecule has 0 heterocycles. The number of hydrogen-bond donors (Lipinski definition) is 3. The monoisotopic (exact) mass is 268 g/mol. The van der Waals surface area contributed by atoms with E-state index in [0.29, 0.717) is 12.0 Å². The zero-order chi connectivity index (χ0) is 14.7. The van der Waals surface area contributed by atoms with Crippen LogP contribution in [0.15, 0.2) is 23.8 Å². The molecule has 1 rings (SSSR count). The predicted molar refractivity (Wildman–Crippen MR) is 73.7 cm³/mol. The zero-order valence-electron chi connectivity index (χ0n) is 11.9. The molecule has 0 saturated heterocycles. The fraction of sp³-hybridized carbons (Fsp3) is 0.667. The minimum Gasteiger partial charge on any atom is -0.478 e. The highest BCUT2D eigenvalue weighted by atomic mass is 16.4. The summed E-state index contributed by atoms with van der Waals surface area (Å²) in [5.74, 6) is -1.17. The highest BCUT2D eigenvalue weighted by Gasteiger charge is 2.46. The van der Waals surface area contributed by atoms with E-state index in [2.05, 4.69) is 13.8 Å². The van der Waals surface area contributed by atoms with Gasteiger partial charge in [0.1, 0.15) is 0 Å². The van der Waals surface area contributed by atoms with E-state index >= 15 is 0 Å². The molecule has 0 unspecified atom stereocenters. The molecule has 0 radical (unpaired) electrons. The number of allylic oxidation sites excluding steroid dienone is 2. The molecule has 4 heteroatoms. The molecule has 108 valence electrons. The number of carboxylic acids is 1. The Morgan fingerprint density at radius 1 is 1.37 bits per heavy atom. The molecule has 1 aliphatic rings. The van der Waals surface area contributed by atoms with Crippen LogP contribution in [-0.2, 0) is 4.79 Å². The average Bonchev–Trinajstić information content (AvgIpc) is 2.26. The van der Waals surface area contributed by atoms with Crippen molar-refractivity contribution in [2.45, 2.75) is 45.6 Å². The fourth-order valence-corrected chi connectivity index (χ4v) is 3.00. The van der Waals surface area contributed by atoms with E-state index in [9.17, 15) is 15.0 Å². The maximum Gasteiger partial charge on any atom is 0.328 e. The summed E-state index contributed by atoms with van der Waals surface area (Å²) in [5.41, 5.74) is -0.605. The number of carboxylic acid groups (broad SMARTS) is 1. The molecule has 1 saturated carbocycles. The Labute approximate surface area is 114 Å². The maximum absolute atomic E-state index is 10.6. The molecule has 1 fully saturated rings. The van der Waals surface area contributed by atoms with Crippen molar-refractivity contribution in [2.75, 3.05) is 6.61 Å². The SMILES string of the molecule is CC(/C=C/[C@@H]1C(C)(C)CCC[C@@]1(O)CO)=C\C(=O)O. The second kappa shape index (κ2) is 5.88. The third kappa shape index (κ3) is 3.91. The Morgan fingerprint density at radius 2 is 2.00 bits per heavy atom. The van der Waals surface area contributed by atoms with Crippen molar-refractivity contribution in [1.29, 1.82) is 0 Å². The van der Waals surface area contributed by atoms with Crippen molar-refractivity contribution < 1.29 is 20.1 Å². The number of hydrogen-bond acceptors (Lipinski definition) is 3. The summed E-state index contributed by atoms with van der Waals surface area (Å²) < 4.78 is 0. The Bertz CT molecular complexity index is 395. The molecule has 0 aliphatic heterocycles. The van der Waals surface area contributed by atoms with Crippen LogP contribution in [0.3, 0.4) is 0 Å². The third-order valence-corrected chi connectivity index (χ3v) is 4.03. The minimum atomic E-state index is -1.11. The van der Waals surface area contributed by atoms with Gasteiger partial charge in [-0.2, -0.15) is 0 Å². The third-order valence-electron chi connectivity index (χ3n) is 4.03. The first-order valence-electron chi connectivity index (χ1n) is 6.64.